The van der Waals surface area contributed by atoms with Gasteiger partial charge in [0.25, 0.3) is 0 Å². The maximum absolute atomic E-state index is 12.1. The van der Waals surface area contributed by atoms with Gasteiger partial charge in [-0.05, 0) is 51.6 Å². The summed E-state index contributed by atoms with van der Waals surface area (Å²) in [6.45, 7) is 7.43. The predicted octanol–water partition coefficient (Wildman–Crippen LogP) is 0.917. The van der Waals surface area contributed by atoms with Gasteiger partial charge in [0.1, 0.15) is 0 Å². The summed E-state index contributed by atoms with van der Waals surface area (Å²) in [5.41, 5.74) is 0.334. The zero-order valence-corrected chi connectivity index (χ0v) is 10.9. The summed E-state index contributed by atoms with van der Waals surface area (Å²) in [7, 11) is 0. The Kier molecular flexibility index (Phi) is 4.05. The van der Waals surface area contributed by atoms with E-state index >= 15 is 0 Å². The topological polar surface area (TPSA) is 50.4 Å². The average molecular weight is 240 g/mol. The van der Waals surface area contributed by atoms with Crippen LogP contribution in [0.5, 0.6) is 0 Å². The van der Waals surface area contributed by atoms with E-state index in [1.54, 1.807) is 0 Å². The van der Waals surface area contributed by atoms with Gasteiger partial charge in [0, 0.05) is 18.6 Å². The summed E-state index contributed by atoms with van der Waals surface area (Å²) in [6, 6.07) is 0.127. The lowest BCUT2D eigenvalue weighted by atomic mass is 9.91. The Morgan fingerprint density at radius 1 is 1.53 bits per heavy atom. The van der Waals surface area contributed by atoms with Crippen LogP contribution in [-0.2, 0) is 9.53 Å². The van der Waals surface area contributed by atoms with Crippen molar-refractivity contribution >= 4 is 5.91 Å². The van der Waals surface area contributed by atoms with Crippen LogP contribution in [0.1, 0.15) is 33.1 Å². The van der Waals surface area contributed by atoms with Gasteiger partial charge in [-0.25, -0.2) is 0 Å². The third-order valence-electron chi connectivity index (χ3n) is 4.07. The molecule has 2 atom stereocenters. The summed E-state index contributed by atoms with van der Waals surface area (Å²) in [6.07, 6.45) is 3.40. The summed E-state index contributed by atoms with van der Waals surface area (Å²) in [5.74, 6) is 0.493. The maximum atomic E-state index is 12.1. The van der Waals surface area contributed by atoms with Crippen molar-refractivity contribution in [1.29, 1.82) is 0 Å². The van der Waals surface area contributed by atoms with E-state index in [0.717, 1.165) is 32.4 Å². The molecule has 1 saturated heterocycles. The molecule has 1 aliphatic carbocycles. The van der Waals surface area contributed by atoms with Crippen molar-refractivity contribution in [2.45, 2.75) is 39.2 Å². The quantitative estimate of drug-likeness (QED) is 0.751. The number of amides is 1. The van der Waals surface area contributed by atoms with Crippen molar-refractivity contribution < 1.29 is 9.53 Å². The molecule has 0 aromatic heterocycles. The molecular weight excluding hydrogens is 216 g/mol. The van der Waals surface area contributed by atoms with E-state index in [1.165, 1.54) is 0 Å². The van der Waals surface area contributed by atoms with Crippen LogP contribution in [0.4, 0.5) is 0 Å². The summed E-state index contributed by atoms with van der Waals surface area (Å²) in [5, 5.41) is 6.42. The van der Waals surface area contributed by atoms with Crippen molar-refractivity contribution in [2.24, 2.45) is 11.3 Å². The Bertz CT molecular complexity index is 275. The zero-order chi connectivity index (χ0) is 12.3. The highest BCUT2D eigenvalue weighted by atomic mass is 16.5. The predicted molar refractivity (Wildman–Crippen MR) is 66.7 cm³/mol. The van der Waals surface area contributed by atoms with Crippen LogP contribution in [0.15, 0.2) is 0 Å². The first-order valence-electron chi connectivity index (χ1n) is 6.77. The Hall–Kier alpha value is -0.610. The Morgan fingerprint density at radius 3 is 2.88 bits per heavy atom. The smallest absolute Gasteiger partial charge is 0.223 e. The van der Waals surface area contributed by atoms with Crippen LogP contribution in [0.3, 0.4) is 0 Å². The number of nitrogens with one attached hydrogen (secondary N) is 2. The monoisotopic (exact) mass is 240 g/mol. The van der Waals surface area contributed by atoms with Crippen molar-refractivity contribution in [3.05, 3.63) is 0 Å². The van der Waals surface area contributed by atoms with Gasteiger partial charge in [0.2, 0.25) is 5.91 Å². The third-order valence-corrected chi connectivity index (χ3v) is 4.07. The fourth-order valence-corrected chi connectivity index (χ4v) is 2.88. The molecule has 2 unspecified atom stereocenters. The minimum atomic E-state index is 0.127. The van der Waals surface area contributed by atoms with Crippen LogP contribution in [0.2, 0.25) is 0 Å². The highest BCUT2D eigenvalue weighted by molar-refractivity contribution is 5.82. The standard InChI is InChI=1S/C13H24N2O2/c1-3-17-9-10(2)15-12(16)11-8-13(11)4-6-14-7-5-13/h10-11,14H,3-9H2,1-2H3,(H,15,16). The van der Waals surface area contributed by atoms with Crippen molar-refractivity contribution in [3.8, 4) is 0 Å². The summed E-state index contributed by atoms with van der Waals surface area (Å²) < 4.78 is 5.31. The molecule has 0 aromatic rings. The molecule has 98 valence electrons. The molecule has 4 heteroatoms. The number of ether oxygens (including phenoxy) is 1. The van der Waals surface area contributed by atoms with Crippen molar-refractivity contribution in [3.63, 3.8) is 0 Å². The number of carbonyl (C=O) groups is 1. The lowest BCUT2D eigenvalue weighted by molar-refractivity contribution is -0.124. The van der Waals surface area contributed by atoms with Crippen LogP contribution in [0, 0.1) is 11.3 Å². The van der Waals surface area contributed by atoms with E-state index < -0.39 is 0 Å². The van der Waals surface area contributed by atoms with E-state index in [0.29, 0.717) is 18.6 Å². The normalized spacial score (nSPS) is 27.8. The van der Waals surface area contributed by atoms with Crippen LogP contribution in [-0.4, -0.2) is 38.3 Å². The van der Waals surface area contributed by atoms with Crippen molar-refractivity contribution in [2.75, 3.05) is 26.3 Å². The molecule has 17 heavy (non-hydrogen) atoms. The van der Waals surface area contributed by atoms with Gasteiger partial charge in [0.15, 0.2) is 0 Å². The highest BCUT2D eigenvalue weighted by Crippen LogP contribution is 2.58. The van der Waals surface area contributed by atoms with Gasteiger partial charge in [0.05, 0.1) is 6.61 Å². The van der Waals surface area contributed by atoms with Gasteiger partial charge in [-0.2, -0.15) is 0 Å². The molecule has 2 fully saturated rings. The first-order valence-corrected chi connectivity index (χ1v) is 6.77. The summed E-state index contributed by atoms with van der Waals surface area (Å²) >= 11 is 0. The van der Waals surface area contributed by atoms with Gasteiger partial charge in [-0.1, -0.05) is 0 Å². The molecule has 1 spiro atoms. The molecule has 0 bridgehead atoms. The molecular formula is C13H24N2O2. The molecule has 1 aliphatic heterocycles. The van der Waals surface area contributed by atoms with Gasteiger partial charge >= 0.3 is 0 Å². The molecule has 1 saturated carbocycles. The largest absolute Gasteiger partial charge is 0.380 e. The van der Waals surface area contributed by atoms with E-state index in [9.17, 15) is 4.79 Å². The van der Waals surface area contributed by atoms with Gasteiger partial charge < -0.3 is 15.4 Å². The lowest BCUT2D eigenvalue weighted by Crippen LogP contribution is -2.39. The van der Waals surface area contributed by atoms with Crippen LogP contribution in [0.25, 0.3) is 0 Å². The Labute approximate surface area is 103 Å². The molecule has 1 amide bonds. The molecule has 0 radical (unpaired) electrons. The Balaban J connectivity index is 1.74. The summed E-state index contributed by atoms with van der Waals surface area (Å²) in [4.78, 5) is 12.1. The van der Waals surface area contributed by atoms with E-state index in [-0.39, 0.29) is 17.9 Å². The second kappa shape index (κ2) is 5.36. The first kappa shape index (κ1) is 12.8. The number of rotatable bonds is 5. The number of piperidine rings is 1. The maximum Gasteiger partial charge on any atom is 0.223 e. The van der Waals surface area contributed by atoms with E-state index in [1.807, 2.05) is 13.8 Å². The Morgan fingerprint density at radius 2 is 2.24 bits per heavy atom. The van der Waals surface area contributed by atoms with E-state index in [2.05, 4.69) is 10.6 Å². The molecule has 2 N–H and O–H groups in total. The number of hydrogen-bond acceptors (Lipinski definition) is 3. The molecule has 2 aliphatic rings. The van der Waals surface area contributed by atoms with Crippen molar-refractivity contribution in [1.82, 2.24) is 10.6 Å². The second-order valence-corrected chi connectivity index (χ2v) is 5.44. The van der Waals surface area contributed by atoms with Gasteiger partial charge in [-0.3, -0.25) is 4.79 Å². The van der Waals surface area contributed by atoms with E-state index in [4.69, 9.17) is 4.74 Å². The van der Waals surface area contributed by atoms with Crippen LogP contribution < -0.4 is 10.6 Å². The zero-order valence-electron chi connectivity index (χ0n) is 10.9. The van der Waals surface area contributed by atoms with Crippen LogP contribution >= 0.6 is 0 Å². The average Bonchev–Trinajstić information content (AvgIpc) is 3.01. The SMILES string of the molecule is CCOCC(C)NC(=O)C1CC12CCNCC2. The fraction of sp³-hybridized carbons (Fsp3) is 0.923. The lowest BCUT2D eigenvalue weighted by Gasteiger charge is -2.23. The molecule has 4 nitrogen and oxygen atoms in total. The first-order chi connectivity index (χ1) is 8.18. The fourth-order valence-electron chi connectivity index (χ4n) is 2.88. The number of carbonyl (C=O) groups excluding carboxylic acids is 1. The molecule has 2 rings (SSSR count). The second-order valence-electron chi connectivity index (χ2n) is 5.44. The third kappa shape index (κ3) is 2.99. The van der Waals surface area contributed by atoms with Gasteiger partial charge in [-0.15, -0.1) is 0 Å². The molecule has 0 aromatic carbocycles. The molecule has 1 heterocycles. The number of hydrogen-bond donors (Lipinski definition) is 2. The minimum absolute atomic E-state index is 0.127. The minimum Gasteiger partial charge on any atom is -0.380 e. The highest BCUT2D eigenvalue weighted by Gasteiger charge is 2.57.